The molecule has 0 saturated heterocycles. The van der Waals surface area contributed by atoms with E-state index in [1.165, 1.54) is 5.57 Å². The van der Waals surface area contributed by atoms with Gasteiger partial charge < -0.3 is 9.47 Å². The molecule has 0 bridgehead atoms. The highest BCUT2D eigenvalue weighted by molar-refractivity contribution is 9.10. The van der Waals surface area contributed by atoms with Gasteiger partial charge in [0.15, 0.2) is 0 Å². The predicted octanol–water partition coefficient (Wildman–Crippen LogP) is 7.22. The highest BCUT2D eigenvalue weighted by Gasteiger charge is 2.34. The van der Waals surface area contributed by atoms with Crippen LogP contribution >= 0.6 is 15.9 Å². The van der Waals surface area contributed by atoms with Gasteiger partial charge in [-0.2, -0.15) is 4.39 Å². The number of allylic oxidation sites excluding steroid dienone is 3. The number of carbonyl (C=O) groups excluding carboxylic acids is 1. The van der Waals surface area contributed by atoms with Crippen LogP contribution < -0.4 is 4.74 Å². The van der Waals surface area contributed by atoms with Crippen LogP contribution in [-0.4, -0.2) is 18.7 Å². The van der Waals surface area contributed by atoms with Crippen molar-refractivity contribution in [3.63, 3.8) is 0 Å². The van der Waals surface area contributed by atoms with Gasteiger partial charge >= 0.3 is 5.97 Å². The van der Waals surface area contributed by atoms with Crippen LogP contribution in [0.3, 0.4) is 0 Å². The van der Waals surface area contributed by atoms with E-state index in [0.29, 0.717) is 17.2 Å². The van der Waals surface area contributed by atoms with Gasteiger partial charge in [0.25, 0.3) is 0 Å². The van der Waals surface area contributed by atoms with Crippen molar-refractivity contribution in [1.29, 1.82) is 0 Å². The lowest BCUT2D eigenvalue weighted by Gasteiger charge is -2.36. The fourth-order valence-corrected chi connectivity index (χ4v) is 4.80. The molecule has 0 atom stereocenters. The monoisotopic (exact) mass is 466 g/mol. The average molecular weight is 467 g/mol. The first-order valence-electron chi connectivity index (χ1n) is 10.2. The lowest BCUT2D eigenvalue weighted by molar-refractivity contribution is -0.140. The molecule has 0 unspecified atom stereocenters. The Balaban J connectivity index is 2.86. The molecule has 0 aliphatic heterocycles. The van der Waals surface area contributed by atoms with Crippen LogP contribution in [0, 0.1) is 5.92 Å². The van der Waals surface area contributed by atoms with Crippen molar-refractivity contribution < 1.29 is 18.7 Å². The van der Waals surface area contributed by atoms with Gasteiger partial charge in [-0.05, 0) is 84.1 Å². The lowest BCUT2D eigenvalue weighted by atomic mass is 9.70. The topological polar surface area (TPSA) is 35.5 Å². The quantitative estimate of drug-likeness (QED) is 0.327. The van der Waals surface area contributed by atoms with Gasteiger partial charge in [-0.3, -0.25) is 0 Å². The van der Waals surface area contributed by atoms with E-state index in [4.69, 9.17) is 9.47 Å². The number of hydrogen-bond donors (Lipinski definition) is 0. The van der Waals surface area contributed by atoms with Crippen molar-refractivity contribution in [2.75, 3.05) is 6.61 Å². The summed E-state index contributed by atoms with van der Waals surface area (Å²) in [5.74, 6) is -0.957. The Labute approximate surface area is 182 Å². The first-order valence-corrected chi connectivity index (χ1v) is 11.0. The molecule has 1 aromatic carbocycles. The Morgan fingerprint density at radius 3 is 2.41 bits per heavy atom. The molecule has 2 rings (SSSR count). The third-order valence-corrected chi connectivity index (χ3v) is 5.96. The highest BCUT2D eigenvalue weighted by Crippen LogP contribution is 2.50. The molecular weight excluding hydrogens is 435 g/mol. The van der Waals surface area contributed by atoms with Gasteiger partial charge in [0.1, 0.15) is 5.75 Å². The molecule has 160 valence electrons. The lowest BCUT2D eigenvalue weighted by Crippen LogP contribution is -2.24. The highest BCUT2D eigenvalue weighted by atomic mass is 79.9. The molecule has 29 heavy (non-hydrogen) atoms. The largest absolute Gasteiger partial charge is 0.489 e. The van der Waals surface area contributed by atoms with Crippen LogP contribution in [-0.2, 0) is 14.9 Å². The summed E-state index contributed by atoms with van der Waals surface area (Å²) in [6.45, 7) is 15.9. The van der Waals surface area contributed by atoms with Gasteiger partial charge in [-0.1, -0.05) is 33.8 Å². The summed E-state index contributed by atoms with van der Waals surface area (Å²) < 4.78 is 26.7. The molecule has 0 fully saturated rings. The van der Waals surface area contributed by atoms with Crippen molar-refractivity contribution in [3.8, 4) is 5.75 Å². The van der Waals surface area contributed by atoms with Gasteiger partial charge in [-0.25, -0.2) is 4.79 Å². The molecule has 0 spiro atoms. The molecule has 0 N–H and O–H groups in total. The minimum Gasteiger partial charge on any atom is -0.489 e. The molecule has 0 amide bonds. The van der Waals surface area contributed by atoms with E-state index in [1.54, 1.807) is 13.8 Å². The van der Waals surface area contributed by atoms with E-state index in [1.807, 2.05) is 19.9 Å². The second kappa shape index (κ2) is 9.03. The number of rotatable bonds is 6. The average Bonchev–Trinajstić information content (AvgIpc) is 2.61. The van der Waals surface area contributed by atoms with E-state index in [-0.39, 0.29) is 23.7 Å². The van der Waals surface area contributed by atoms with Crippen LogP contribution in [0.4, 0.5) is 4.39 Å². The fraction of sp³-hybridized carbons (Fsp3) is 0.542. The fourth-order valence-electron chi connectivity index (χ4n) is 3.74. The number of halogens is 2. The van der Waals surface area contributed by atoms with Crippen molar-refractivity contribution in [1.82, 2.24) is 0 Å². The van der Waals surface area contributed by atoms with Crippen LogP contribution in [0.2, 0.25) is 0 Å². The minimum atomic E-state index is -0.950. The molecule has 1 aliphatic rings. The molecule has 0 heterocycles. The summed E-state index contributed by atoms with van der Waals surface area (Å²) in [5, 5.41) is 0. The van der Waals surface area contributed by atoms with Gasteiger partial charge in [0.2, 0.25) is 5.83 Å². The third-order valence-electron chi connectivity index (χ3n) is 5.20. The Kier molecular flexibility index (Phi) is 7.37. The van der Waals surface area contributed by atoms with Crippen LogP contribution in [0.5, 0.6) is 5.75 Å². The Morgan fingerprint density at radius 2 is 1.90 bits per heavy atom. The Hall–Kier alpha value is -1.62. The zero-order chi connectivity index (χ0) is 22.1. The number of benzene rings is 1. The molecule has 1 aromatic rings. The standard InChI is InChI=1S/C24H32BrFO3/c1-9-28-23(27)21(26)15(6)17-12-18-16(13(2)3)10-11-24(7,8)19(18)20(25)22(17)29-14(4)5/h10,12-14H,9,11H2,1-8H3/b21-15+. The van der Waals surface area contributed by atoms with Gasteiger partial charge in [0.05, 0.1) is 17.2 Å². The van der Waals surface area contributed by atoms with Crippen LogP contribution in [0.25, 0.3) is 11.1 Å². The molecule has 3 nitrogen and oxygen atoms in total. The maximum Gasteiger partial charge on any atom is 0.367 e. The van der Waals surface area contributed by atoms with Crippen molar-refractivity contribution in [2.45, 2.75) is 73.3 Å². The molecule has 0 saturated carbocycles. The smallest absolute Gasteiger partial charge is 0.367 e. The second-order valence-electron chi connectivity index (χ2n) is 8.72. The maximum absolute atomic E-state index is 14.9. The van der Waals surface area contributed by atoms with Crippen LogP contribution in [0.15, 0.2) is 22.4 Å². The number of esters is 1. The summed E-state index contributed by atoms with van der Waals surface area (Å²) in [6.07, 6.45) is 3.08. The first-order chi connectivity index (χ1) is 13.4. The van der Waals surface area contributed by atoms with E-state index in [2.05, 4.69) is 49.7 Å². The summed E-state index contributed by atoms with van der Waals surface area (Å²) in [5.41, 5.74) is 4.14. The minimum absolute atomic E-state index is 0.0997. The van der Waals surface area contributed by atoms with Crippen molar-refractivity contribution in [2.24, 2.45) is 5.92 Å². The Morgan fingerprint density at radius 1 is 1.28 bits per heavy atom. The molecular formula is C24H32BrFO3. The van der Waals surface area contributed by atoms with Gasteiger partial charge in [0, 0.05) is 11.1 Å². The summed E-state index contributed by atoms with van der Waals surface area (Å²) in [6, 6.07) is 1.97. The normalized spacial score (nSPS) is 16.3. The van der Waals surface area contributed by atoms with E-state index < -0.39 is 11.8 Å². The predicted molar refractivity (Wildman–Crippen MR) is 121 cm³/mol. The van der Waals surface area contributed by atoms with E-state index in [0.717, 1.165) is 22.0 Å². The van der Waals surface area contributed by atoms with E-state index >= 15 is 0 Å². The van der Waals surface area contributed by atoms with Gasteiger partial charge in [-0.15, -0.1) is 0 Å². The van der Waals surface area contributed by atoms with Crippen molar-refractivity contribution in [3.05, 3.63) is 39.1 Å². The third kappa shape index (κ3) is 4.76. The molecule has 1 aliphatic carbocycles. The molecule has 0 radical (unpaired) electrons. The number of ether oxygens (including phenoxy) is 2. The number of fused-ring (bicyclic) bond motifs is 1. The maximum atomic E-state index is 14.9. The second-order valence-corrected chi connectivity index (χ2v) is 9.51. The van der Waals surface area contributed by atoms with Crippen molar-refractivity contribution >= 4 is 33.0 Å². The molecule has 0 aromatic heterocycles. The summed E-state index contributed by atoms with van der Waals surface area (Å²) in [7, 11) is 0. The summed E-state index contributed by atoms with van der Waals surface area (Å²) >= 11 is 3.77. The number of carbonyl (C=O) groups is 1. The zero-order valence-corrected chi connectivity index (χ0v) is 20.3. The first kappa shape index (κ1) is 23.7. The Bertz CT molecular complexity index is 863. The summed E-state index contributed by atoms with van der Waals surface area (Å²) in [4.78, 5) is 12.0. The molecule has 5 heteroatoms. The van der Waals surface area contributed by atoms with Crippen LogP contribution in [0.1, 0.15) is 78.5 Å². The SMILES string of the molecule is CCOC(=O)/C(F)=C(/C)c1cc2c(c(Br)c1OC(C)C)C(C)(C)CC=C2C(C)C. The number of hydrogen-bond acceptors (Lipinski definition) is 3. The zero-order valence-electron chi connectivity index (χ0n) is 18.7. The van der Waals surface area contributed by atoms with E-state index in [9.17, 15) is 9.18 Å².